The molecule has 0 aromatic carbocycles. The highest BCUT2D eigenvalue weighted by Gasteiger charge is 2.30. The molecular weight excluding hydrogens is 364 g/mol. The van der Waals surface area contributed by atoms with Gasteiger partial charge in [-0.1, -0.05) is 0 Å². The molecule has 2 amide bonds. The molecule has 1 unspecified atom stereocenters. The fourth-order valence-electron chi connectivity index (χ4n) is 3.60. The van der Waals surface area contributed by atoms with Gasteiger partial charge in [0.1, 0.15) is 0 Å². The van der Waals surface area contributed by atoms with Crippen molar-refractivity contribution in [1.29, 1.82) is 0 Å². The number of nitrogens with zero attached hydrogens (tertiary/aromatic N) is 3. The molecular formula is C19H30N4O3S. The number of likely N-dealkylation sites (tertiary alicyclic amines) is 1. The topological polar surface area (TPSA) is 74.8 Å². The number of rotatable bonds is 8. The van der Waals surface area contributed by atoms with E-state index < -0.39 is 0 Å². The molecule has 2 saturated heterocycles. The molecule has 0 radical (unpaired) electrons. The minimum atomic E-state index is -0.0856. The second-order valence-corrected chi connectivity index (χ2v) is 8.22. The van der Waals surface area contributed by atoms with E-state index in [1.807, 2.05) is 17.3 Å². The van der Waals surface area contributed by atoms with E-state index in [-0.39, 0.29) is 17.7 Å². The number of hydrogen-bond acceptors (Lipinski definition) is 6. The van der Waals surface area contributed by atoms with Gasteiger partial charge in [-0.3, -0.25) is 14.5 Å². The average molecular weight is 395 g/mol. The summed E-state index contributed by atoms with van der Waals surface area (Å²) in [6.45, 7) is 8.17. The van der Waals surface area contributed by atoms with Crippen LogP contribution in [0.15, 0.2) is 5.51 Å². The Morgan fingerprint density at radius 2 is 2.19 bits per heavy atom. The SMILES string of the molecule is Cc1ncsc1CCCNC(=O)C1CCC(=O)N(CCN2CCOCC2)C1. The molecule has 2 aliphatic heterocycles. The lowest BCUT2D eigenvalue weighted by Crippen LogP contribution is -2.49. The Balaban J connectivity index is 1.37. The fraction of sp³-hybridized carbons (Fsp3) is 0.737. The summed E-state index contributed by atoms with van der Waals surface area (Å²) in [6.07, 6.45) is 3.00. The summed E-state index contributed by atoms with van der Waals surface area (Å²) in [5, 5.41) is 3.06. The van der Waals surface area contributed by atoms with Crippen molar-refractivity contribution in [1.82, 2.24) is 20.1 Å². The van der Waals surface area contributed by atoms with E-state index in [2.05, 4.69) is 15.2 Å². The van der Waals surface area contributed by atoms with Crippen molar-refractivity contribution in [3.8, 4) is 0 Å². The third-order valence-corrected chi connectivity index (χ3v) is 6.38. The average Bonchev–Trinajstić information content (AvgIpc) is 3.10. The maximum atomic E-state index is 12.5. The first-order valence-electron chi connectivity index (χ1n) is 9.88. The quantitative estimate of drug-likeness (QED) is 0.668. The molecule has 0 spiro atoms. The normalized spacial score (nSPS) is 21.4. The molecule has 27 heavy (non-hydrogen) atoms. The second-order valence-electron chi connectivity index (χ2n) is 7.28. The van der Waals surface area contributed by atoms with Gasteiger partial charge in [-0.05, 0) is 26.2 Å². The summed E-state index contributed by atoms with van der Waals surface area (Å²) in [4.78, 5) is 34.4. The van der Waals surface area contributed by atoms with Crippen molar-refractivity contribution in [2.24, 2.45) is 5.92 Å². The molecule has 0 bridgehead atoms. The Hall–Kier alpha value is -1.51. The van der Waals surface area contributed by atoms with E-state index in [0.29, 0.717) is 32.5 Å². The molecule has 1 N–H and O–H groups in total. The van der Waals surface area contributed by atoms with Gasteiger partial charge in [0.25, 0.3) is 0 Å². The van der Waals surface area contributed by atoms with E-state index in [1.54, 1.807) is 11.3 Å². The van der Waals surface area contributed by atoms with Crippen molar-refractivity contribution in [3.63, 3.8) is 0 Å². The highest BCUT2D eigenvalue weighted by molar-refractivity contribution is 7.09. The van der Waals surface area contributed by atoms with Crippen LogP contribution in [0.3, 0.4) is 0 Å². The molecule has 3 heterocycles. The first-order valence-corrected chi connectivity index (χ1v) is 10.8. The standard InChI is InChI=1S/C19H30N4O3S/c1-15-17(27-14-21-15)3-2-6-20-19(25)16-4-5-18(24)23(13-16)8-7-22-9-11-26-12-10-22/h14,16H,2-13H2,1H3,(H,20,25). The number of morpholine rings is 1. The van der Waals surface area contributed by atoms with E-state index in [9.17, 15) is 9.59 Å². The number of ether oxygens (including phenoxy) is 1. The van der Waals surface area contributed by atoms with Crippen LogP contribution in [-0.2, 0) is 20.7 Å². The summed E-state index contributed by atoms with van der Waals surface area (Å²) < 4.78 is 5.36. The van der Waals surface area contributed by atoms with Crippen molar-refractivity contribution in [2.75, 3.05) is 52.5 Å². The van der Waals surface area contributed by atoms with E-state index >= 15 is 0 Å². The lowest BCUT2D eigenvalue weighted by Gasteiger charge is -2.34. The first-order chi connectivity index (χ1) is 13.1. The number of carbonyl (C=O) groups is 2. The van der Waals surface area contributed by atoms with Gasteiger partial charge >= 0.3 is 0 Å². The summed E-state index contributed by atoms with van der Waals surface area (Å²) in [5.74, 6) is 0.172. The molecule has 1 atom stereocenters. The molecule has 0 saturated carbocycles. The number of aryl methyl sites for hydroxylation is 2. The van der Waals surface area contributed by atoms with Crippen LogP contribution in [0.1, 0.15) is 29.8 Å². The van der Waals surface area contributed by atoms with Gasteiger partial charge in [-0.15, -0.1) is 11.3 Å². The maximum Gasteiger partial charge on any atom is 0.224 e. The van der Waals surface area contributed by atoms with Crippen LogP contribution in [0, 0.1) is 12.8 Å². The molecule has 150 valence electrons. The van der Waals surface area contributed by atoms with Crippen LogP contribution >= 0.6 is 11.3 Å². The van der Waals surface area contributed by atoms with Gasteiger partial charge in [0.05, 0.1) is 30.3 Å². The number of amides is 2. The number of thiazole rings is 1. The molecule has 1 aromatic rings. The van der Waals surface area contributed by atoms with Gasteiger partial charge < -0.3 is 15.0 Å². The molecule has 7 nitrogen and oxygen atoms in total. The maximum absolute atomic E-state index is 12.5. The number of aromatic nitrogens is 1. The summed E-state index contributed by atoms with van der Waals surface area (Å²) >= 11 is 1.67. The minimum Gasteiger partial charge on any atom is -0.379 e. The zero-order valence-corrected chi connectivity index (χ0v) is 16.9. The van der Waals surface area contributed by atoms with Crippen molar-refractivity contribution < 1.29 is 14.3 Å². The fourth-order valence-corrected chi connectivity index (χ4v) is 4.43. The Morgan fingerprint density at radius 3 is 2.93 bits per heavy atom. The molecule has 8 heteroatoms. The predicted molar refractivity (Wildman–Crippen MR) is 105 cm³/mol. The van der Waals surface area contributed by atoms with Crippen LogP contribution in [0.5, 0.6) is 0 Å². The van der Waals surface area contributed by atoms with Crippen LogP contribution in [-0.4, -0.2) is 79.1 Å². The van der Waals surface area contributed by atoms with Gasteiger partial charge in [0.2, 0.25) is 11.8 Å². The highest BCUT2D eigenvalue weighted by atomic mass is 32.1. The number of nitrogens with one attached hydrogen (secondary N) is 1. The second kappa shape index (κ2) is 10.1. The number of carbonyl (C=O) groups excluding carboxylic acids is 2. The van der Waals surface area contributed by atoms with Crippen molar-refractivity contribution in [2.45, 2.75) is 32.6 Å². The monoisotopic (exact) mass is 394 g/mol. The third-order valence-electron chi connectivity index (χ3n) is 5.39. The Bertz CT molecular complexity index is 630. The van der Waals surface area contributed by atoms with Gasteiger partial charge in [0.15, 0.2) is 0 Å². The Labute approximate surface area is 165 Å². The predicted octanol–water partition coefficient (Wildman–Crippen LogP) is 1.07. The van der Waals surface area contributed by atoms with E-state index in [1.165, 1.54) is 4.88 Å². The lowest BCUT2D eigenvalue weighted by atomic mass is 9.96. The first kappa shape index (κ1) is 20.2. The summed E-state index contributed by atoms with van der Waals surface area (Å²) in [7, 11) is 0. The highest BCUT2D eigenvalue weighted by Crippen LogP contribution is 2.18. The van der Waals surface area contributed by atoms with Crippen LogP contribution in [0.2, 0.25) is 0 Å². The van der Waals surface area contributed by atoms with Crippen LogP contribution in [0.25, 0.3) is 0 Å². The van der Waals surface area contributed by atoms with Crippen LogP contribution < -0.4 is 5.32 Å². The molecule has 2 aliphatic rings. The zero-order valence-electron chi connectivity index (χ0n) is 16.1. The van der Waals surface area contributed by atoms with Crippen molar-refractivity contribution >= 4 is 23.2 Å². The largest absolute Gasteiger partial charge is 0.379 e. The molecule has 2 fully saturated rings. The summed E-state index contributed by atoms with van der Waals surface area (Å²) in [6, 6.07) is 0. The molecule has 0 aliphatic carbocycles. The zero-order chi connectivity index (χ0) is 19.1. The van der Waals surface area contributed by atoms with Crippen molar-refractivity contribution in [3.05, 3.63) is 16.1 Å². The van der Waals surface area contributed by atoms with E-state index in [4.69, 9.17) is 4.74 Å². The smallest absolute Gasteiger partial charge is 0.224 e. The van der Waals surface area contributed by atoms with Gasteiger partial charge in [0, 0.05) is 50.6 Å². The van der Waals surface area contributed by atoms with Gasteiger partial charge in [-0.25, -0.2) is 4.98 Å². The molecule has 3 rings (SSSR count). The summed E-state index contributed by atoms with van der Waals surface area (Å²) in [5.41, 5.74) is 2.96. The third kappa shape index (κ3) is 5.99. The molecule has 1 aromatic heterocycles. The van der Waals surface area contributed by atoms with Crippen LogP contribution in [0.4, 0.5) is 0 Å². The number of hydrogen-bond donors (Lipinski definition) is 1. The Morgan fingerprint density at radius 1 is 1.37 bits per heavy atom. The minimum absolute atomic E-state index is 0.0832. The lowest BCUT2D eigenvalue weighted by molar-refractivity contribution is -0.138. The Kier molecular flexibility index (Phi) is 7.60. The number of piperidine rings is 1. The van der Waals surface area contributed by atoms with E-state index in [0.717, 1.165) is 51.4 Å². The van der Waals surface area contributed by atoms with Gasteiger partial charge in [-0.2, -0.15) is 0 Å².